The van der Waals surface area contributed by atoms with E-state index in [2.05, 4.69) is 10.6 Å². The predicted molar refractivity (Wildman–Crippen MR) is 121 cm³/mol. The van der Waals surface area contributed by atoms with Gasteiger partial charge in [-0.1, -0.05) is 42.5 Å². The summed E-state index contributed by atoms with van der Waals surface area (Å²) >= 11 is 0. The minimum Gasteiger partial charge on any atom is -0.452 e. The van der Waals surface area contributed by atoms with Gasteiger partial charge in [0.1, 0.15) is 0 Å². The average molecular weight is 418 g/mol. The normalized spacial score (nSPS) is 11.6. The van der Waals surface area contributed by atoms with Crippen LogP contribution in [-0.2, 0) is 14.3 Å². The van der Waals surface area contributed by atoms with E-state index in [1.165, 1.54) is 12.5 Å². The second-order valence-electron chi connectivity index (χ2n) is 7.64. The van der Waals surface area contributed by atoms with Crippen molar-refractivity contribution in [2.75, 3.05) is 11.9 Å². The van der Waals surface area contributed by atoms with Gasteiger partial charge in [-0.3, -0.25) is 9.59 Å². The molecule has 0 fully saturated rings. The Labute approximate surface area is 181 Å². The van der Waals surface area contributed by atoms with E-state index in [1.807, 2.05) is 63.2 Å². The molecule has 1 unspecified atom stereocenters. The lowest BCUT2D eigenvalue weighted by Crippen LogP contribution is -2.31. The van der Waals surface area contributed by atoms with Crippen molar-refractivity contribution in [1.29, 1.82) is 0 Å². The Kier molecular flexibility index (Phi) is 6.70. The van der Waals surface area contributed by atoms with Crippen LogP contribution in [0.25, 0.3) is 10.8 Å². The molecule has 31 heavy (non-hydrogen) atoms. The van der Waals surface area contributed by atoms with Gasteiger partial charge in [-0.05, 0) is 60.4 Å². The number of nitrogens with one attached hydrogen (secondary N) is 2. The molecule has 0 spiro atoms. The van der Waals surface area contributed by atoms with Crippen molar-refractivity contribution in [1.82, 2.24) is 5.32 Å². The number of amides is 2. The van der Waals surface area contributed by atoms with Gasteiger partial charge in [-0.25, -0.2) is 4.79 Å². The monoisotopic (exact) mass is 418 g/mol. The van der Waals surface area contributed by atoms with Crippen LogP contribution in [0.4, 0.5) is 5.69 Å². The maximum Gasteiger partial charge on any atom is 0.340 e. The number of fused-ring (bicyclic) bond motifs is 1. The third-order valence-corrected chi connectivity index (χ3v) is 5.16. The van der Waals surface area contributed by atoms with Crippen molar-refractivity contribution < 1.29 is 19.1 Å². The van der Waals surface area contributed by atoms with Crippen LogP contribution in [0, 0.1) is 13.8 Å². The van der Waals surface area contributed by atoms with Gasteiger partial charge in [0.15, 0.2) is 6.61 Å². The number of carbonyl (C=O) groups excluding carboxylic acids is 3. The lowest BCUT2D eigenvalue weighted by molar-refractivity contribution is -0.124. The molecule has 0 saturated carbocycles. The number of esters is 1. The summed E-state index contributed by atoms with van der Waals surface area (Å²) in [5.74, 6) is -1.38. The third kappa shape index (κ3) is 5.48. The molecule has 0 aromatic heterocycles. The summed E-state index contributed by atoms with van der Waals surface area (Å²) in [6.07, 6.45) is 0. The number of rotatable bonds is 6. The first-order valence-corrected chi connectivity index (χ1v) is 10.1. The molecule has 160 valence electrons. The first kappa shape index (κ1) is 22.0. The maximum atomic E-state index is 12.7. The fourth-order valence-electron chi connectivity index (χ4n) is 3.31. The molecule has 0 aliphatic carbocycles. The van der Waals surface area contributed by atoms with Crippen molar-refractivity contribution in [3.63, 3.8) is 0 Å². The predicted octanol–water partition coefficient (Wildman–Crippen LogP) is 4.45. The highest BCUT2D eigenvalue weighted by Crippen LogP contribution is 2.25. The Morgan fingerprint density at radius 2 is 1.61 bits per heavy atom. The Bertz CT molecular complexity index is 1150. The second-order valence-corrected chi connectivity index (χ2v) is 7.64. The van der Waals surface area contributed by atoms with Gasteiger partial charge in [-0.2, -0.15) is 0 Å². The SMILES string of the molecule is CC(=O)Nc1cc2ccccc2cc1C(=O)OCC(=O)NC(C)c1ccc(C)c(C)c1. The lowest BCUT2D eigenvalue weighted by atomic mass is 10.0. The maximum absolute atomic E-state index is 12.7. The van der Waals surface area contributed by atoms with Gasteiger partial charge in [-0.15, -0.1) is 0 Å². The summed E-state index contributed by atoms with van der Waals surface area (Å²) in [5.41, 5.74) is 3.85. The highest BCUT2D eigenvalue weighted by Gasteiger charge is 2.18. The molecular weight excluding hydrogens is 392 g/mol. The summed E-state index contributed by atoms with van der Waals surface area (Å²) in [6.45, 7) is 6.88. The van der Waals surface area contributed by atoms with Crippen molar-refractivity contribution in [3.05, 3.63) is 76.9 Å². The highest BCUT2D eigenvalue weighted by molar-refractivity contribution is 6.05. The summed E-state index contributed by atoms with van der Waals surface area (Å²) in [4.78, 5) is 36.6. The molecule has 3 rings (SSSR count). The molecular formula is C25H26N2O4. The molecule has 3 aromatic rings. The van der Waals surface area contributed by atoms with E-state index in [0.717, 1.165) is 21.9 Å². The van der Waals surface area contributed by atoms with Crippen LogP contribution in [0.5, 0.6) is 0 Å². The molecule has 0 bridgehead atoms. The van der Waals surface area contributed by atoms with Crippen LogP contribution in [-0.4, -0.2) is 24.4 Å². The van der Waals surface area contributed by atoms with Gasteiger partial charge >= 0.3 is 5.97 Å². The zero-order chi connectivity index (χ0) is 22.5. The zero-order valence-electron chi connectivity index (χ0n) is 18.1. The number of carbonyl (C=O) groups is 3. The first-order valence-electron chi connectivity index (χ1n) is 10.1. The molecule has 3 aromatic carbocycles. The lowest BCUT2D eigenvalue weighted by Gasteiger charge is -2.16. The standard InChI is InChI=1S/C25H26N2O4/c1-15-9-10-19(11-16(15)2)17(3)26-24(29)14-31-25(30)22-12-20-7-5-6-8-21(20)13-23(22)27-18(4)28/h5-13,17H,14H2,1-4H3,(H,26,29)(H,27,28). The van der Waals surface area contributed by atoms with Gasteiger partial charge in [0.2, 0.25) is 5.91 Å². The Balaban J connectivity index is 1.69. The molecule has 0 heterocycles. The minimum absolute atomic E-state index is 0.198. The van der Waals surface area contributed by atoms with E-state index in [0.29, 0.717) is 5.69 Å². The molecule has 6 nitrogen and oxygen atoms in total. The Morgan fingerprint density at radius 3 is 2.26 bits per heavy atom. The van der Waals surface area contributed by atoms with E-state index in [4.69, 9.17) is 4.74 Å². The van der Waals surface area contributed by atoms with Crippen LogP contribution in [0.15, 0.2) is 54.6 Å². The van der Waals surface area contributed by atoms with Crippen LogP contribution in [0.2, 0.25) is 0 Å². The number of ether oxygens (including phenoxy) is 1. The minimum atomic E-state index is -0.677. The molecule has 1 atom stereocenters. The zero-order valence-corrected chi connectivity index (χ0v) is 18.1. The van der Waals surface area contributed by atoms with Crippen LogP contribution < -0.4 is 10.6 Å². The van der Waals surface area contributed by atoms with E-state index in [-0.39, 0.29) is 17.5 Å². The average Bonchev–Trinajstić information content (AvgIpc) is 2.73. The highest BCUT2D eigenvalue weighted by atomic mass is 16.5. The van der Waals surface area contributed by atoms with Gasteiger partial charge in [0, 0.05) is 6.92 Å². The molecule has 0 aliphatic rings. The van der Waals surface area contributed by atoms with Gasteiger partial charge in [0.05, 0.1) is 17.3 Å². The van der Waals surface area contributed by atoms with Crippen LogP contribution in [0.3, 0.4) is 0 Å². The van der Waals surface area contributed by atoms with E-state index in [1.54, 1.807) is 12.1 Å². The van der Waals surface area contributed by atoms with Crippen molar-refractivity contribution in [3.8, 4) is 0 Å². The number of hydrogen-bond acceptors (Lipinski definition) is 4. The smallest absolute Gasteiger partial charge is 0.340 e. The topological polar surface area (TPSA) is 84.5 Å². The van der Waals surface area contributed by atoms with Crippen molar-refractivity contribution in [2.45, 2.75) is 33.7 Å². The Hall–Kier alpha value is -3.67. The summed E-state index contributed by atoms with van der Waals surface area (Å²) < 4.78 is 5.24. The van der Waals surface area contributed by atoms with Crippen LogP contribution >= 0.6 is 0 Å². The first-order chi connectivity index (χ1) is 14.7. The van der Waals surface area contributed by atoms with Gasteiger partial charge in [0.25, 0.3) is 5.91 Å². The Morgan fingerprint density at radius 1 is 0.935 bits per heavy atom. The fraction of sp³-hybridized carbons (Fsp3) is 0.240. The summed E-state index contributed by atoms with van der Waals surface area (Å²) in [6, 6.07) is 16.6. The molecule has 0 aliphatic heterocycles. The third-order valence-electron chi connectivity index (χ3n) is 5.16. The molecule has 0 saturated heterocycles. The second kappa shape index (κ2) is 9.43. The quantitative estimate of drug-likeness (QED) is 0.579. The number of benzene rings is 3. The fourth-order valence-corrected chi connectivity index (χ4v) is 3.31. The largest absolute Gasteiger partial charge is 0.452 e. The summed E-state index contributed by atoms with van der Waals surface area (Å²) in [7, 11) is 0. The summed E-state index contributed by atoms with van der Waals surface area (Å²) in [5, 5.41) is 7.21. The number of anilines is 1. The van der Waals surface area contributed by atoms with E-state index >= 15 is 0 Å². The molecule has 2 N–H and O–H groups in total. The molecule has 2 amide bonds. The van der Waals surface area contributed by atoms with Crippen LogP contribution in [0.1, 0.15) is 46.9 Å². The molecule has 6 heteroatoms. The van der Waals surface area contributed by atoms with Gasteiger partial charge < -0.3 is 15.4 Å². The van der Waals surface area contributed by atoms with E-state index in [9.17, 15) is 14.4 Å². The molecule has 0 radical (unpaired) electrons. The number of aryl methyl sites for hydroxylation is 2. The number of hydrogen-bond donors (Lipinski definition) is 2. The van der Waals surface area contributed by atoms with E-state index < -0.39 is 18.5 Å². The van der Waals surface area contributed by atoms with Crippen molar-refractivity contribution in [2.24, 2.45) is 0 Å². The van der Waals surface area contributed by atoms with Crippen molar-refractivity contribution >= 4 is 34.2 Å².